The van der Waals surface area contributed by atoms with Gasteiger partial charge in [0.05, 0.1) is 7.11 Å². The third-order valence-corrected chi connectivity index (χ3v) is 2.57. The number of ether oxygens (including phenoxy) is 1. The number of carbonyl (C=O) groups is 1. The number of aromatic nitrogens is 4. The van der Waals surface area contributed by atoms with Gasteiger partial charge in [0.2, 0.25) is 5.91 Å². The number of carbonyl (C=O) groups excluding carboxylic acids is 1. The van der Waals surface area contributed by atoms with E-state index in [1.807, 2.05) is 13.8 Å². The molecule has 1 heterocycles. The summed E-state index contributed by atoms with van der Waals surface area (Å²) in [6, 6.07) is 5.29. The summed E-state index contributed by atoms with van der Waals surface area (Å²) in [7, 11) is 1.57. The number of rotatable bonds is 4. The van der Waals surface area contributed by atoms with Crippen LogP contribution in [0.15, 0.2) is 24.5 Å². The van der Waals surface area contributed by atoms with Crippen LogP contribution in [0.5, 0.6) is 5.75 Å². The van der Waals surface area contributed by atoms with Crippen molar-refractivity contribution >= 4 is 11.6 Å². The molecule has 0 aliphatic heterocycles. The zero-order valence-corrected chi connectivity index (χ0v) is 11.0. The summed E-state index contributed by atoms with van der Waals surface area (Å²) in [5.74, 6) is 0.487. The third kappa shape index (κ3) is 2.87. The first kappa shape index (κ1) is 13.0. The number of nitrogens with one attached hydrogen (secondary N) is 1. The van der Waals surface area contributed by atoms with Crippen LogP contribution in [0.25, 0.3) is 5.69 Å². The molecule has 7 nitrogen and oxygen atoms in total. The molecule has 100 valence electrons. The van der Waals surface area contributed by atoms with Gasteiger partial charge < -0.3 is 10.1 Å². The molecule has 19 heavy (non-hydrogen) atoms. The highest BCUT2D eigenvalue weighted by Crippen LogP contribution is 2.25. The lowest BCUT2D eigenvalue weighted by atomic mass is 10.2. The highest BCUT2D eigenvalue weighted by Gasteiger charge is 2.11. The molecule has 0 radical (unpaired) electrons. The molecule has 1 aromatic heterocycles. The Morgan fingerprint density at radius 1 is 1.42 bits per heavy atom. The number of methoxy groups -OCH3 is 1. The molecule has 0 atom stereocenters. The van der Waals surface area contributed by atoms with E-state index in [9.17, 15) is 4.79 Å². The zero-order valence-electron chi connectivity index (χ0n) is 11.0. The SMILES string of the molecule is COc1ccc(NC(=O)C(C)C)cc1-n1cnnn1. The van der Waals surface area contributed by atoms with Crippen molar-refractivity contribution in [3.63, 3.8) is 0 Å². The van der Waals surface area contributed by atoms with Gasteiger partial charge in [-0.1, -0.05) is 13.8 Å². The van der Waals surface area contributed by atoms with Crippen LogP contribution in [-0.4, -0.2) is 33.2 Å². The van der Waals surface area contributed by atoms with E-state index in [1.54, 1.807) is 25.3 Å². The van der Waals surface area contributed by atoms with Crippen molar-refractivity contribution in [1.82, 2.24) is 20.2 Å². The molecule has 0 bridgehead atoms. The van der Waals surface area contributed by atoms with Gasteiger partial charge in [-0.2, -0.15) is 4.68 Å². The van der Waals surface area contributed by atoms with Crippen molar-refractivity contribution in [2.45, 2.75) is 13.8 Å². The van der Waals surface area contributed by atoms with Gasteiger partial charge in [-0.3, -0.25) is 4.79 Å². The Morgan fingerprint density at radius 3 is 2.79 bits per heavy atom. The maximum Gasteiger partial charge on any atom is 0.226 e. The smallest absolute Gasteiger partial charge is 0.226 e. The van der Waals surface area contributed by atoms with Gasteiger partial charge in [-0.05, 0) is 28.6 Å². The molecule has 2 rings (SSSR count). The van der Waals surface area contributed by atoms with Crippen LogP contribution >= 0.6 is 0 Å². The molecule has 0 aliphatic carbocycles. The average Bonchev–Trinajstić information content (AvgIpc) is 2.92. The van der Waals surface area contributed by atoms with Crippen molar-refractivity contribution in [3.05, 3.63) is 24.5 Å². The Kier molecular flexibility index (Phi) is 3.74. The largest absolute Gasteiger partial charge is 0.494 e. The number of nitrogens with zero attached hydrogens (tertiary/aromatic N) is 4. The summed E-state index contributed by atoms with van der Waals surface area (Å²) in [5.41, 5.74) is 1.33. The molecule has 0 saturated heterocycles. The van der Waals surface area contributed by atoms with Crippen molar-refractivity contribution in [2.24, 2.45) is 5.92 Å². The fraction of sp³-hybridized carbons (Fsp3) is 0.333. The van der Waals surface area contributed by atoms with Crippen molar-refractivity contribution in [3.8, 4) is 11.4 Å². The van der Waals surface area contributed by atoms with E-state index >= 15 is 0 Å². The fourth-order valence-electron chi connectivity index (χ4n) is 1.51. The minimum atomic E-state index is -0.0846. The Bertz CT molecular complexity index is 566. The van der Waals surface area contributed by atoms with E-state index in [0.717, 1.165) is 0 Å². The first-order valence-corrected chi connectivity index (χ1v) is 5.84. The molecule has 0 aliphatic rings. The number of anilines is 1. The summed E-state index contributed by atoms with van der Waals surface area (Å²) in [6.07, 6.45) is 1.46. The first-order valence-electron chi connectivity index (χ1n) is 5.84. The first-order chi connectivity index (χ1) is 9.11. The minimum Gasteiger partial charge on any atom is -0.494 e. The summed E-state index contributed by atoms with van der Waals surface area (Å²) >= 11 is 0. The quantitative estimate of drug-likeness (QED) is 0.896. The predicted octanol–water partition coefficient (Wildman–Crippen LogP) is 1.27. The topological polar surface area (TPSA) is 81.9 Å². The second-order valence-electron chi connectivity index (χ2n) is 4.28. The van der Waals surface area contributed by atoms with E-state index in [0.29, 0.717) is 17.1 Å². The van der Waals surface area contributed by atoms with Crippen LogP contribution in [0.4, 0.5) is 5.69 Å². The van der Waals surface area contributed by atoms with E-state index in [1.165, 1.54) is 11.0 Å². The number of benzene rings is 1. The summed E-state index contributed by atoms with van der Waals surface area (Å²) < 4.78 is 6.72. The normalized spacial score (nSPS) is 10.5. The number of tetrazole rings is 1. The third-order valence-electron chi connectivity index (χ3n) is 2.57. The number of amides is 1. The van der Waals surface area contributed by atoms with E-state index in [4.69, 9.17) is 4.74 Å². The highest BCUT2D eigenvalue weighted by molar-refractivity contribution is 5.92. The van der Waals surface area contributed by atoms with Crippen LogP contribution in [-0.2, 0) is 4.79 Å². The second kappa shape index (κ2) is 5.47. The van der Waals surface area contributed by atoms with Crippen molar-refractivity contribution < 1.29 is 9.53 Å². The highest BCUT2D eigenvalue weighted by atomic mass is 16.5. The van der Waals surface area contributed by atoms with Gasteiger partial charge in [0.25, 0.3) is 0 Å². The molecular weight excluding hydrogens is 246 g/mol. The number of hydrogen-bond acceptors (Lipinski definition) is 5. The van der Waals surface area contributed by atoms with Gasteiger partial charge in [0.15, 0.2) is 0 Å². The Hall–Kier alpha value is -2.44. The van der Waals surface area contributed by atoms with Gasteiger partial charge in [0, 0.05) is 11.6 Å². The standard InChI is InChI=1S/C12H15N5O2/c1-8(2)12(18)14-9-4-5-11(19-3)10(6-9)17-7-13-15-16-17/h4-8H,1-3H3,(H,14,18). The molecule has 1 aromatic carbocycles. The fourth-order valence-corrected chi connectivity index (χ4v) is 1.51. The molecule has 1 amide bonds. The Balaban J connectivity index is 2.34. The molecular formula is C12H15N5O2. The van der Waals surface area contributed by atoms with Crippen LogP contribution in [0.2, 0.25) is 0 Å². The maximum absolute atomic E-state index is 11.7. The maximum atomic E-state index is 11.7. The van der Waals surface area contributed by atoms with Gasteiger partial charge in [-0.25, -0.2) is 0 Å². The van der Waals surface area contributed by atoms with Crippen LogP contribution in [0, 0.1) is 5.92 Å². The molecule has 0 saturated carbocycles. The summed E-state index contributed by atoms with van der Waals surface area (Å²) in [4.78, 5) is 11.7. The predicted molar refractivity (Wildman–Crippen MR) is 69.2 cm³/mol. The zero-order chi connectivity index (χ0) is 13.8. The Morgan fingerprint density at radius 2 is 2.21 bits per heavy atom. The average molecular weight is 261 g/mol. The van der Waals surface area contributed by atoms with Gasteiger partial charge in [0.1, 0.15) is 17.8 Å². The molecule has 2 aromatic rings. The summed E-state index contributed by atoms with van der Waals surface area (Å²) in [6.45, 7) is 3.67. The molecule has 7 heteroatoms. The lowest BCUT2D eigenvalue weighted by Crippen LogP contribution is -2.17. The van der Waals surface area contributed by atoms with Crippen LogP contribution in [0.1, 0.15) is 13.8 Å². The number of hydrogen-bond donors (Lipinski definition) is 1. The van der Waals surface area contributed by atoms with Gasteiger partial charge in [-0.15, -0.1) is 5.10 Å². The lowest BCUT2D eigenvalue weighted by Gasteiger charge is -2.11. The van der Waals surface area contributed by atoms with Crippen LogP contribution < -0.4 is 10.1 Å². The monoisotopic (exact) mass is 261 g/mol. The van der Waals surface area contributed by atoms with Gasteiger partial charge >= 0.3 is 0 Å². The lowest BCUT2D eigenvalue weighted by molar-refractivity contribution is -0.118. The minimum absolute atomic E-state index is 0.0483. The molecule has 0 spiro atoms. The second-order valence-corrected chi connectivity index (χ2v) is 4.28. The van der Waals surface area contributed by atoms with Crippen LogP contribution in [0.3, 0.4) is 0 Å². The van der Waals surface area contributed by atoms with Crippen molar-refractivity contribution in [2.75, 3.05) is 12.4 Å². The molecule has 0 fully saturated rings. The molecule has 1 N–H and O–H groups in total. The van der Waals surface area contributed by atoms with Crippen molar-refractivity contribution in [1.29, 1.82) is 0 Å². The molecule has 0 unspecified atom stereocenters. The Labute approximate surface area is 110 Å². The summed E-state index contributed by atoms with van der Waals surface area (Å²) in [5, 5.41) is 13.8. The van der Waals surface area contributed by atoms with E-state index in [-0.39, 0.29) is 11.8 Å². The van der Waals surface area contributed by atoms with E-state index in [2.05, 4.69) is 20.8 Å². The van der Waals surface area contributed by atoms with E-state index < -0.39 is 0 Å².